The van der Waals surface area contributed by atoms with Crippen LogP contribution in [0.2, 0.25) is 0 Å². The van der Waals surface area contributed by atoms with Crippen molar-refractivity contribution >= 4 is 28.7 Å². The van der Waals surface area contributed by atoms with Gasteiger partial charge in [0, 0.05) is 4.90 Å². The number of rotatable bonds is 4. The largest absolute Gasteiger partial charge is 0.272 e. The fraction of sp³-hybridized carbons (Fsp3) is 0.130. The highest BCUT2D eigenvalue weighted by Crippen LogP contribution is 2.37. The van der Waals surface area contributed by atoms with Gasteiger partial charge < -0.3 is 0 Å². The van der Waals surface area contributed by atoms with Gasteiger partial charge in [0.05, 0.1) is 11.0 Å². The van der Waals surface area contributed by atoms with E-state index in [-0.39, 0.29) is 11.2 Å². The Balaban J connectivity index is 1.78. The zero-order valence-electron chi connectivity index (χ0n) is 15.3. The van der Waals surface area contributed by atoms with E-state index in [2.05, 4.69) is 18.8 Å². The van der Waals surface area contributed by atoms with Crippen LogP contribution in [0.5, 0.6) is 0 Å². The van der Waals surface area contributed by atoms with Gasteiger partial charge in [0.2, 0.25) is 5.91 Å². The summed E-state index contributed by atoms with van der Waals surface area (Å²) in [6, 6.07) is 24.1. The number of thioether (sulfide) groups is 1. The van der Waals surface area contributed by atoms with Crippen LogP contribution >= 0.6 is 11.8 Å². The van der Waals surface area contributed by atoms with Crippen LogP contribution in [0.1, 0.15) is 26.7 Å². The van der Waals surface area contributed by atoms with Gasteiger partial charge in [0.1, 0.15) is 11.6 Å². The molecule has 3 nitrogen and oxygen atoms in total. The summed E-state index contributed by atoms with van der Waals surface area (Å²) >= 11 is 1.57. The summed E-state index contributed by atoms with van der Waals surface area (Å²) in [6.07, 6.45) is 1.65. The Hall–Kier alpha value is -2.85. The normalized spacial score (nSPS) is 12.2. The molecule has 0 amide bonds. The smallest absolute Gasteiger partial charge is 0.250 e. The van der Waals surface area contributed by atoms with Crippen LogP contribution in [0.25, 0.3) is 11.0 Å². The van der Waals surface area contributed by atoms with Crippen LogP contribution in [-0.2, 0) is 0 Å². The third kappa shape index (κ3) is 3.53. The number of carbonyl (C=O) groups excluding carboxylic acids is 1. The highest BCUT2D eigenvalue weighted by atomic mass is 32.2. The van der Waals surface area contributed by atoms with Crippen LogP contribution in [0, 0.1) is 13.8 Å². The maximum atomic E-state index is 13.5. The van der Waals surface area contributed by atoms with E-state index < -0.39 is 0 Å². The van der Waals surface area contributed by atoms with E-state index >= 15 is 0 Å². The number of aromatic nitrogens is 2. The molecule has 0 radical (unpaired) electrons. The van der Waals surface area contributed by atoms with Gasteiger partial charge in [0.25, 0.3) is 0 Å². The number of imidazole rings is 1. The molecule has 3 aromatic carbocycles. The molecule has 1 aromatic heterocycles. The third-order valence-corrected chi connectivity index (χ3v) is 5.98. The van der Waals surface area contributed by atoms with Crippen molar-refractivity contribution in [2.45, 2.75) is 24.0 Å². The highest BCUT2D eigenvalue weighted by Gasteiger charge is 2.25. The molecule has 0 unspecified atom stereocenters. The number of hydrogen-bond donors (Lipinski definition) is 0. The average molecular weight is 372 g/mol. The molecular weight excluding hydrogens is 352 g/mol. The molecule has 4 heteroatoms. The van der Waals surface area contributed by atoms with E-state index in [0.29, 0.717) is 0 Å². The summed E-state index contributed by atoms with van der Waals surface area (Å²) < 4.78 is 1.69. The van der Waals surface area contributed by atoms with Crippen molar-refractivity contribution in [1.29, 1.82) is 0 Å². The van der Waals surface area contributed by atoms with Gasteiger partial charge in [-0.15, -0.1) is 11.8 Å². The number of carbonyl (C=O) groups is 1. The average Bonchev–Trinajstić information content (AvgIpc) is 3.10. The lowest BCUT2D eigenvalue weighted by Crippen LogP contribution is -2.17. The summed E-state index contributed by atoms with van der Waals surface area (Å²) in [7, 11) is 0. The van der Waals surface area contributed by atoms with Gasteiger partial charge in [-0.2, -0.15) is 0 Å². The molecule has 0 spiro atoms. The quantitative estimate of drug-likeness (QED) is 0.423. The van der Waals surface area contributed by atoms with Gasteiger partial charge in [0.15, 0.2) is 0 Å². The van der Waals surface area contributed by atoms with E-state index in [4.69, 9.17) is 0 Å². The van der Waals surface area contributed by atoms with Crippen LogP contribution in [0.4, 0.5) is 0 Å². The molecule has 0 bridgehead atoms. The SMILES string of the molecule is Cc1cc2ncn(C(=O)[C@@H](Sc3ccccc3)c3ccccc3)c2cc1C. The second kappa shape index (κ2) is 7.41. The van der Waals surface area contributed by atoms with Crippen molar-refractivity contribution in [1.82, 2.24) is 9.55 Å². The zero-order valence-corrected chi connectivity index (χ0v) is 16.1. The molecule has 0 saturated heterocycles. The fourth-order valence-corrected chi connectivity index (χ4v) is 4.18. The van der Waals surface area contributed by atoms with Crippen LogP contribution in [-0.4, -0.2) is 15.5 Å². The Morgan fingerprint density at radius 2 is 1.56 bits per heavy atom. The van der Waals surface area contributed by atoms with Gasteiger partial charge in [-0.25, -0.2) is 4.98 Å². The predicted octanol–water partition coefficient (Wildman–Crippen LogP) is 5.83. The Kier molecular flexibility index (Phi) is 4.82. The number of hydrogen-bond acceptors (Lipinski definition) is 3. The molecule has 0 fully saturated rings. The topological polar surface area (TPSA) is 34.9 Å². The van der Waals surface area contributed by atoms with Crippen LogP contribution in [0.15, 0.2) is 84.0 Å². The molecule has 0 saturated carbocycles. The molecule has 0 aliphatic heterocycles. The van der Waals surface area contributed by atoms with Crippen LogP contribution in [0.3, 0.4) is 0 Å². The van der Waals surface area contributed by atoms with Crippen molar-refractivity contribution < 1.29 is 4.79 Å². The molecule has 0 aliphatic rings. The van der Waals surface area contributed by atoms with Gasteiger partial charge in [-0.1, -0.05) is 48.5 Å². The summed E-state index contributed by atoms with van der Waals surface area (Å²) in [5.74, 6) is 0.0146. The van der Waals surface area contributed by atoms with Gasteiger partial charge >= 0.3 is 0 Å². The van der Waals surface area contributed by atoms with E-state index in [9.17, 15) is 4.79 Å². The first-order valence-electron chi connectivity index (χ1n) is 8.88. The fourth-order valence-electron chi connectivity index (χ4n) is 3.09. The molecule has 1 atom stereocenters. The molecule has 0 aliphatic carbocycles. The minimum atomic E-state index is -0.340. The van der Waals surface area contributed by atoms with Crippen LogP contribution < -0.4 is 0 Å². The monoisotopic (exact) mass is 372 g/mol. The number of benzene rings is 3. The standard InChI is InChI=1S/C23H20N2OS/c1-16-13-20-21(14-17(16)2)25(15-24-20)23(26)22(18-9-5-3-6-10-18)27-19-11-7-4-8-12-19/h3-15,22H,1-2H3/t22-/m0/s1. The Morgan fingerprint density at radius 1 is 0.926 bits per heavy atom. The number of nitrogens with zero attached hydrogens (tertiary/aromatic N) is 2. The van der Waals surface area contributed by atoms with Crippen molar-refractivity contribution in [2.24, 2.45) is 0 Å². The third-order valence-electron chi connectivity index (χ3n) is 4.72. The summed E-state index contributed by atoms with van der Waals surface area (Å²) in [5.41, 5.74) is 5.03. The van der Waals surface area contributed by atoms with Crippen molar-refractivity contribution in [3.8, 4) is 0 Å². The second-order valence-electron chi connectivity index (χ2n) is 6.60. The molecule has 4 aromatic rings. The minimum Gasteiger partial charge on any atom is -0.272 e. The molecular formula is C23H20N2OS. The van der Waals surface area contributed by atoms with Gasteiger partial charge in [-0.05, 0) is 54.8 Å². The van der Waals surface area contributed by atoms with Gasteiger partial charge in [-0.3, -0.25) is 9.36 Å². The van der Waals surface area contributed by atoms with E-state index in [1.807, 2.05) is 72.8 Å². The lowest BCUT2D eigenvalue weighted by atomic mass is 10.1. The summed E-state index contributed by atoms with van der Waals surface area (Å²) in [6.45, 7) is 4.12. The van der Waals surface area contributed by atoms with E-state index in [1.54, 1.807) is 22.7 Å². The maximum Gasteiger partial charge on any atom is 0.250 e. The van der Waals surface area contributed by atoms with Crippen molar-refractivity contribution in [3.05, 3.63) is 95.8 Å². The Bertz CT molecular complexity index is 1090. The number of fused-ring (bicyclic) bond motifs is 1. The van der Waals surface area contributed by atoms with Crippen molar-refractivity contribution in [3.63, 3.8) is 0 Å². The highest BCUT2D eigenvalue weighted by molar-refractivity contribution is 8.00. The lowest BCUT2D eigenvalue weighted by molar-refractivity contribution is 0.0915. The molecule has 27 heavy (non-hydrogen) atoms. The Labute approximate surface area is 163 Å². The lowest BCUT2D eigenvalue weighted by Gasteiger charge is -2.17. The minimum absolute atomic E-state index is 0.0146. The second-order valence-corrected chi connectivity index (χ2v) is 7.78. The molecule has 1 heterocycles. The predicted molar refractivity (Wildman–Crippen MR) is 111 cm³/mol. The van der Waals surface area contributed by atoms with E-state index in [0.717, 1.165) is 27.1 Å². The van der Waals surface area contributed by atoms with Crippen molar-refractivity contribution in [2.75, 3.05) is 0 Å². The molecule has 0 N–H and O–H groups in total. The summed E-state index contributed by atoms with van der Waals surface area (Å²) in [5, 5.41) is -0.340. The Morgan fingerprint density at radius 3 is 2.26 bits per heavy atom. The first-order chi connectivity index (χ1) is 13.1. The first-order valence-corrected chi connectivity index (χ1v) is 9.76. The first kappa shape index (κ1) is 17.6. The summed E-state index contributed by atoms with van der Waals surface area (Å²) in [4.78, 5) is 19.0. The zero-order chi connectivity index (χ0) is 18.8. The number of aryl methyl sites for hydroxylation is 2. The molecule has 134 valence electrons. The molecule has 4 rings (SSSR count). The maximum absolute atomic E-state index is 13.5. The van der Waals surface area contributed by atoms with E-state index in [1.165, 1.54) is 5.56 Å².